The number of rotatable bonds is 4. The van der Waals surface area contributed by atoms with Gasteiger partial charge in [0, 0.05) is 9.37 Å². The zero-order valence-corrected chi connectivity index (χ0v) is 9.54. The molecule has 0 saturated carbocycles. The van der Waals surface area contributed by atoms with E-state index in [1.165, 1.54) is 23.5 Å². The first-order chi connectivity index (χ1) is 5.84. The van der Waals surface area contributed by atoms with E-state index >= 15 is 0 Å². The van der Waals surface area contributed by atoms with Gasteiger partial charge in [0.15, 0.2) is 0 Å². The highest BCUT2D eigenvalue weighted by molar-refractivity contribution is 9.10. The van der Waals surface area contributed by atoms with Crippen molar-refractivity contribution in [3.63, 3.8) is 0 Å². The average molecular weight is 244 g/mol. The molecule has 0 aromatic heterocycles. The van der Waals surface area contributed by atoms with Crippen LogP contribution in [-0.2, 0) is 0 Å². The van der Waals surface area contributed by atoms with Crippen LogP contribution < -0.4 is 0 Å². The minimum absolute atomic E-state index is 1.16. The Labute approximate surface area is 86.9 Å². The highest BCUT2D eigenvalue weighted by Crippen LogP contribution is 2.26. The Morgan fingerprint density at radius 2 is 2.42 bits per heavy atom. The Hall–Kier alpha value is 0.0500. The van der Waals surface area contributed by atoms with E-state index < -0.39 is 0 Å². The van der Waals surface area contributed by atoms with Crippen molar-refractivity contribution < 1.29 is 0 Å². The van der Waals surface area contributed by atoms with Crippen molar-refractivity contribution in [2.75, 3.05) is 5.75 Å². The minimum atomic E-state index is 1.16. The maximum atomic E-state index is 3.50. The molecule has 0 bridgehead atoms. The Balaban J connectivity index is 2.46. The molecule has 1 aromatic rings. The second-order valence-corrected chi connectivity index (χ2v) is 4.51. The molecular formula is C10H12BrS. The van der Waals surface area contributed by atoms with Crippen molar-refractivity contribution >= 4 is 27.7 Å². The number of hydrogen-bond acceptors (Lipinski definition) is 1. The lowest BCUT2D eigenvalue weighted by Crippen LogP contribution is -1.79. The van der Waals surface area contributed by atoms with Crippen LogP contribution in [0.4, 0.5) is 0 Å². The van der Waals surface area contributed by atoms with Crippen LogP contribution in [0.2, 0.25) is 0 Å². The fourth-order valence-corrected chi connectivity index (χ4v) is 2.44. The summed E-state index contributed by atoms with van der Waals surface area (Å²) in [4.78, 5) is 1.23. The van der Waals surface area contributed by atoms with Crippen LogP contribution in [0.15, 0.2) is 27.6 Å². The highest BCUT2D eigenvalue weighted by Gasteiger charge is 1.97. The van der Waals surface area contributed by atoms with Gasteiger partial charge in [-0.3, -0.25) is 0 Å². The lowest BCUT2D eigenvalue weighted by Gasteiger charge is -2.01. The van der Waals surface area contributed by atoms with E-state index in [9.17, 15) is 0 Å². The number of halogens is 1. The lowest BCUT2D eigenvalue weighted by atomic mass is 10.4. The third-order valence-electron chi connectivity index (χ3n) is 1.51. The summed E-state index contributed by atoms with van der Waals surface area (Å²) >= 11 is 5.37. The van der Waals surface area contributed by atoms with Gasteiger partial charge < -0.3 is 0 Å². The van der Waals surface area contributed by atoms with Gasteiger partial charge in [-0.05, 0) is 40.2 Å². The minimum Gasteiger partial charge on any atom is -0.124 e. The van der Waals surface area contributed by atoms with Crippen molar-refractivity contribution in [3.05, 3.63) is 28.7 Å². The van der Waals surface area contributed by atoms with Crippen LogP contribution in [0.25, 0.3) is 0 Å². The molecule has 0 fully saturated rings. The van der Waals surface area contributed by atoms with Crippen LogP contribution in [0.1, 0.15) is 19.8 Å². The van der Waals surface area contributed by atoms with E-state index in [4.69, 9.17) is 0 Å². The van der Waals surface area contributed by atoms with Gasteiger partial charge in [0.1, 0.15) is 0 Å². The van der Waals surface area contributed by atoms with Gasteiger partial charge in [-0.15, -0.1) is 11.8 Å². The molecule has 0 aliphatic carbocycles. The first-order valence-corrected chi connectivity index (χ1v) is 5.91. The molecule has 1 rings (SSSR count). The molecule has 12 heavy (non-hydrogen) atoms. The van der Waals surface area contributed by atoms with Gasteiger partial charge in [-0.2, -0.15) is 0 Å². The molecular weight excluding hydrogens is 232 g/mol. The van der Waals surface area contributed by atoms with Gasteiger partial charge >= 0.3 is 0 Å². The van der Waals surface area contributed by atoms with Gasteiger partial charge in [-0.25, -0.2) is 0 Å². The second-order valence-electron chi connectivity index (χ2n) is 2.55. The van der Waals surface area contributed by atoms with Gasteiger partial charge in [0.25, 0.3) is 0 Å². The van der Waals surface area contributed by atoms with Crippen molar-refractivity contribution in [1.82, 2.24) is 0 Å². The molecule has 0 aliphatic rings. The maximum Gasteiger partial charge on any atom is 0.0317 e. The molecule has 0 aliphatic heterocycles. The van der Waals surface area contributed by atoms with Crippen LogP contribution >= 0.6 is 27.7 Å². The van der Waals surface area contributed by atoms with Gasteiger partial charge in [0.2, 0.25) is 0 Å². The van der Waals surface area contributed by atoms with E-state index in [-0.39, 0.29) is 0 Å². The normalized spacial score (nSPS) is 10.2. The number of unbranched alkanes of at least 4 members (excludes halogenated alkanes) is 1. The van der Waals surface area contributed by atoms with E-state index in [1.807, 2.05) is 23.9 Å². The van der Waals surface area contributed by atoms with Crippen LogP contribution in [0.5, 0.6) is 0 Å². The van der Waals surface area contributed by atoms with Crippen LogP contribution in [-0.4, -0.2) is 5.75 Å². The number of benzene rings is 1. The van der Waals surface area contributed by atoms with Crippen molar-refractivity contribution in [3.8, 4) is 0 Å². The number of hydrogen-bond donors (Lipinski definition) is 0. The lowest BCUT2D eigenvalue weighted by molar-refractivity contribution is 0.896. The summed E-state index contributed by atoms with van der Waals surface area (Å²) in [5.74, 6) is 1.19. The summed E-state index contributed by atoms with van der Waals surface area (Å²) in [6.07, 6.45) is 2.54. The van der Waals surface area contributed by atoms with Gasteiger partial charge in [-0.1, -0.05) is 25.5 Å². The smallest absolute Gasteiger partial charge is 0.0317 e. The van der Waals surface area contributed by atoms with E-state index in [2.05, 4.69) is 35.0 Å². The molecule has 2 heteroatoms. The van der Waals surface area contributed by atoms with E-state index in [0.717, 1.165) is 4.47 Å². The third-order valence-corrected chi connectivity index (χ3v) is 3.56. The molecule has 0 unspecified atom stereocenters. The standard InChI is InChI=1S/C10H12BrS/c1-2-3-8-12-10-7-5-4-6-9(10)11/h4-6H,2-3,8H2,1H3. The van der Waals surface area contributed by atoms with Crippen LogP contribution in [0, 0.1) is 6.07 Å². The van der Waals surface area contributed by atoms with E-state index in [1.54, 1.807) is 0 Å². The quantitative estimate of drug-likeness (QED) is 0.566. The van der Waals surface area contributed by atoms with Gasteiger partial charge in [0.05, 0.1) is 0 Å². The van der Waals surface area contributed by atoms with Crippen molar-refractivity contribution in [1.29, 1.82) is 0 Å². The summed E-state index contributed by atoms with van der Waals surface area (Å²) in [5, 5.41) is 0. The maximum absolute atomic E-state index is 3.50. The molecule has 65 valence electrons. The largest absolute Gasteiger partial charge is 0.124 e. The molecule has 0 heterocycles. The first-order valence-electron chi connectivity index (χ1n) is 4.13. The molecule has 0 spiro atoms. The Morgan fingerprint density at radius 1 is 1.58 bits per heavy atom. The highest BCUT2D eigenvalue weighted by atomic mass is 79.9. The SMILES string of the molecule is CCCCSc1[c]cccc1Br. The fourth-order valence-electron chi connectivity index (χ4n) is 0.830. The molecule has 0 nitrogen and oxygen atoms in total. The molecule has 1 aromatic carbocycles. The zero-order chi connectivity index (χ0) is 8.81. The van der Waals surface area contributed by atoms with Crippen molar-refractivity contribution in [2.45, 2.75) is 24.7 Å². The molecule has 0 amide bonds. The summed E-state index contributed by atoms with van der Waals surface area (Å²) in [6, 6.07) is 9.22. The van der Waals surface area contributed by atoms with Crippen LogP contribution in [0.3, 0.4) is 0 Å². The molecule has 0 N–H and O–H groups in total. The summed E-state index contributed by atoms with van der Waals surface area (Å²) in [7, 11) is 0. The Morgan fingerprint density at radius 3 is 3.08 bits per heavy atom. The molecule has 1 radical (unpaired) electrons. The number of thioether (sulfide) groups is 1. The fraction of sp³-hybridized carbons (Fsp3) is 0.400. The first kappa shape index (κ1) is 10.1. The summed E-state index contributed by atoms with van der Waals surface area (Å²) in [5.41, 5.74) is 0. The second kappa shape index (κ2) is 5.65. The monoisotopic (exact) mass is 243 g/mol. The van der Waals surface area contributed by atoms with E-state index in [0.29, 0.717) is 0 Å². The molecule has 0 saturated heterocycles. The summed E-state index contributed by atoms with van der Waals surface area (Å²) < 4.78 is 1.16. The Kier molecular flexibility index (Phi) is 4.77. The molecule has 0 atom stereocenters. The van der Waals surface area contributed by atoms with Crippen molar-refractivity contribution in [2.24, 2.45) is 0 Å². The third kappa shape index (κ3) is 3.20. The zero-order valence-electron chi connectivity index (χ0n) is 7.14. The summed E-state index contributed by atoms with van der Waals surface area (Å²) in [6.45, 7) is 2.21. The predicted octanol–water partition coefficient (Wildman–Crippen LogP) is 4.14. The Bertz CT molecular complexity index is 235. The average Bonchev–Trinajstić information content (AvgIpc) is 2.09. The topological polar surface area (TPSA) is 0 Å². The predicted molar refractivity (Wildman–Crippen MR) is 58.6 cm³/mol.